The molecule has 2 heterocycles. The number of fused-ring (bicyclic) bond motifs is 1. The predicted molar refractivity (Wildman–Crippen MR) is 123 cm³/mol. The van der Waals surface area contributed by atoms with Crippen molar-refractivity contribution >= 4 is 22.3 Å². The zero-order valence-electron chi connectivity index (χ0n) is 18.2. The maximum absolute atomic E-state index is 12.2. The van der Waals surface area contributed by atoms with Crippen molar-refractivity contribution in [2.24, 2.45) is 7.05 Å². The van der Waals surface area contributed by atoms with Crippen molar-refractivity contribution in [1.29, 1.82) is 0 Å². The molecule has 31 heavy (non-hydrogen) atoms. The van der Waals surface area contributed by atoms with Crippen LogP contribution in [0, 0.1) is 6.92 Å². The van der Waals surface area contributed by atoms with Crippen LogP contribution in [0.4, 0.5) is 11.4 Å². The van der Waals surface area contributed by atoms with Gasteiger partial charge in [-0.1, -0.05) is 0 Å². The van der Waals surface area contributed by atoms with Crippen molar-refractivity contribution in [1.82, 2.24) is 14.3 Å². The normalized spacial score (nSPS) is 11.1. The lowest BCUT2D eigenvalue weighted by Crippen LogP contribution is -2.22. The van der Waals surface area contributed by atoms with Crippen LogP contribution in [0.3, 0.4) is 0 Å². The van der Waals surface area contributed by atoms with Crippen LogP contribution >= 0.6 is 0 Å². The molecular formula is C24H26N4O3. The summed E-state index contributed by atoms with van der Waals surface area (Å²) in [6.07, 6.45) is 1.67. The number of ether oxygens (including phenoxy) is 2. The summed E-state index contributed by atoms with van der Waals surface area (Å²) in [5.41, 5.74) is 5.46. The van der Waals surface area contributed by atoms with Gasteiger partial charge in [0, 0.05) is 48.5 Å². The van der Waals surface area contributed by atoms with E-state index in [-0.39, 0.29) is 5.56 Å². The molecule has 0 spiro atoms. The highest BCUT2D eigenvalue weighted by Crippen LogP contribution is 2.32. The standard InChI is InChI=1S/C24H26N4O3/c1-16-21(15-25-27(2)24(16)29)26-19-7-10-22-18(13-19)14-23(28(22)11-12-30-3)17-5-8-20(31-4)9-6-17/h5-10,13-15,26H,11-12H2,1-4H3. The van der Waals surface area contributed by atoms with Gasteiger partial charge in [0.25, 0.3) is 5.56 Å². The molecule has 0 aliphatic carbocycles. The van der Waals surface area contributed by atoms with Gasteiger partial charge in [-0.2, -0.15) is 5.10 Å². The summed E-state index contributed by atoms with van der Waals surface area (Å²) in [5, 5.41) is 8.55. The fraction of sp³-hybridized carbons (Fsp3) is 0.250. The topological polar surface area (TPSA) is 70.3 Å². The second-order valence-corrected chi connectivity index (χ2v) is 7.41. The number of hydrogen-bond donors (Lipinski definition) is 1. The van der Waals surface area contributed by atoms with Crippen LogP contribution in [0.2, 0.25) is 0 Å². The van der Waals surface area contributed by atoms with E-state index in [1.54, 1.807) is 34.4 Å². The van der Waals surface area contributed by atoms with E-state index in [2.05, 4.69) is 45.3 Å². The van der Waals surface area contributed by atoms with Gasteiger partial charge in [-0.25, -0.2) is 4.68 Å². The molecule has 0 aliphatic heterocycles. The maximum Gasteiger partial charge on any atom is 0.271 e. The number of hydrogen-bond acceptors (Lipinski definition) is 5. The molecule has 4 rings (SSSR count). The first-order valence-electron chi connectivity index (χ1n) is 10.1. The molecule has 0 fully saturated rings. The van der Waals surface area contributed by atoms with E-state index in [1.165, 1.54) is 4.68 Å². The Bertz CT molecular complexity index is 1270. The van der Waals surface area contributed by atoms with E-state index in [0.29, 0.717) is 17.9 Å². The Morgan fingerprint density at radius 1 is 1.06 bits per heavy atom. The Balaban J connectivity index is 1.75. The van der Waals surface area contributed by atoms with E-state index in [9.17, 15) is 4.79 Å². The molecule has 0 radical (unpaired) electrons. The number of nitrogens with zero attached hydrogens (tertiary/aromatic N) is 3. The number of anilines is 2. The second kappa shape index (κ2) is 8.65. The third kappa shape index (κ3) is 4.04. The van der Waals surface area contributed by atoms with Crippen molar-refractivity contribution in [2.75, 3.05) is 26.1 Å². The SMILES string of the molecule is COCCn1c(-c2ccc(OC)cc2)cc2cc(Nc3cnn(C)c(=O)c3C)ccc21. The number of benzene rings is 2. The van der Waals surface area contributed by atoms with Gasteiger partial charge in [-0.15, -0.1) is 0 Å². The molecule has 0 amide bonds. The number of rotatable bonds is 7. The second-order valence-electron chi connectivity index (χ2n) is 7.41. The quantitative estimate of drug-likeness (QED) is 0.489. The largest absolute Gasteiger partial charge is 0.497 e. The minimum atomic E-state index is -0.112. The Morgan fingerprint density at radius 3 is 2.55 bits per heavy atom. The van der Waals surface area contributed by atoms with Crippen LogP contribution in [0.25, 0.3) is 22.2 Å². The van der Waals surface area contributed by atoms with Crippen molar-refractivity contribution in [3.05, 3.63) is 70.6 Å². The van der Waals surface area contributed by atoms with Crippen molar-refractivity contribution in [3.63, 3.8) is 0 Å². The summed E-state index contributed by atoms with van der Waals surface area (Å²) < 4.78 is 14.2. The minimum Gasteiger partial charge on any atom is -0.497 e. The first-order chi connectivity index (χ1) is 15.0. The van der Waals surface area contributed by atoms with Gasteiger partial charge in [0.1, 0.15) is 5.75 Å². The summed E-state index contributed by atoms with van der Waals surface area (Å²) in [5.74, 6) is 0.827. The van der Waals surface area contributed by atoms with E-state index in [4.69, 9.17) is 9.47 Å². The third-order valence-corrected chi connectivity index (χ3v) is 5.46. The molecule has 7 nitrogen and oxygen atoms in total. The molecule has 4 aromatic rings. The van der Waals surface area contributed by atoms with Crippen molar-refractivity contribution in [2.45, 2.75) is 13.5 Å². The predicted octanol–water partition coefficient (Wildman–Crippen LogP) is 4.11. The van der Waals surface area contributed by atoms with Gasteiger partial charge in [-0.3, -0.25) is 4.79 Å². The Hall–Kier alpha value is -3.58. The average molecular weight is 418 g/mol. The van der Waals surface area contributed by atoms with Gasteiger partial charge >= 0.3 is 0 Å². The first kappa shape index (κ1) is 20.7. The molecule has 0 unspecified atom stereocenters. The van der Waals surface area contributed by atoms with E-state index in [1.807, 2.05) is 18.2 Å². The summed E-state index contributed by atoms with van der Waals surface area (Å²) >= 11 is 0. The number of aryl methyl sites for hydroxylation is 1. The molecular weight excluding hydrogens is 392 g/mol. The van der Waals surface area contributed by atoms with Crippen LogP contribution < -0.4 is 15.6 Å². The fourth-order valence-electron chi connectivity index (χ4n) is 3.71. The number of methoxy groups -OCH3 is 2. The fourth-order valence-corrected chi connectivity index (χ4v) is 3.71. The number of nitrogens with one attached hydrogen (secondary N) is 1. The van der Waals surface area contributed by atoms with E-state index in [0.717, 1.165) is 40.1 Å². The highest BCUT2D eigenvalue weighted by Gasteiger charge is 2.12. The highest BCUT2D eigenvalue weighted by molar-refractivity contribution is 5.90. The molecule has 160 valence electrons. The van der Waals surface area contributed by atoms with Crippen molar-refractivity contribution < 1.29 is 9.47 Å². The first-order valence-corrected chi connectivity index (χ1v) is 10.1. The monoisotopic (exact) mass is 418 g/mol. The lowest BCUT2D eigenvalue weighted by atomic mass is 10.1. The van der Waals surface area contributed by atoms with Crippen LogP contribution in [0.5, 0.6) is 5.75 Å². The van der Waals surface area contributed by atoms with Crippen LogP contribution in [-0.4, -0.2) is 35.2 Å². The minimum absolute atomic E-state index is 0.112. The highest BCUT2D eigenvalue weighted by atomic mass is 16.5. The third-order valence-electron chi connectivity index (χ3n) is 5.46. The summed E-state index contributed by atoms with van der Waals surface area (Å²) in [6.45, 7) is 3.16. The van der Waals surface area contributed by atoms with Gasteiger partial charge in [0.15, 0.2) is 0 Å². The summed E-state index contributed by atoms with van der Waals surface area (Å²) in [4.78, 5) is 12.2. The zero-order valence-corrected chi connectivity index (χ0v) is 18.2. The zero-order chi connectivity index (χ0) is 22.0. The summed E-state index contributed by atoms with van der Waals surface area (Å²) in [7, 11) is 5.02. The van der Waals surface area contributed by atoms with Crippen LogP contribution in [-0.2, 0) is 18.3 Å². The summed E-state index contributed by atoms with van der Waals surface area (Å²) in [6, 6.07) is 16.4. The maximum atomic E-state index is 12.2. The molecule has 0 bridgehead atoms. The van der Waals surface area contributed by atoms with Crippen LogP contribution in [0.15, 0.2) is 59.5 Å². The van der Waals surface area contributed by atoms with E-state index >= 15 is 0 Å². The van der Waals surface area contributed by atoms with Crippen molar-refractivity contribution in [3.8, 4) is 17.0 Å². The Labute approximate surface area is 180 Å². The lowest BCUT2D eigenvalue weighted by molar-refractivity contribution is 0.189. The molecule has 2 aromatic carbocycles. The Morgan fingerprint density at radius 2 is 1.84 bits per heavy atom. The molecule has 2 aromatic heterocycles. The van der Waals surface area contributed by atoms with Gasteiger partial charge in [0.2, 0.25) is 0 Å². The molecule has 1 N–H and O–H groups in total. The lowest BCUT2D eigenvalue weighted by Gasteiger charge is -2.12. The Kier molecular flexibility index (Phi) is 5.77. The van der Waals surface area contributed by atoms with Crippen LogP contribution in [0.1, 0.15) is 5.56 Å². The molecule has 0 saturated heterocycles. The van der Waals surface area contributed by atoms with Gasteiger partial charge < -0.3 is 19.4 Å². The average Bonchev–Trinajstić information content (AvgIpc) is 3.15. The van der Waals surface area contributed by atoms with Gasteiger partial charge in [-0.05, 0) is 61.0 Å². The molecule has 0 atom stereocenters. The smallest absolute Gasteiger partial charge is 0.271 e. The van der Waals surface area contributed by atoms with E-state index < -0.39 is 0 Å². The molecule has 0 aliphatic rings. The van der Waals surface area contributed by atoms with Gasteiger partial charge in [0.05, 0.1) is 25.6 Å². The number of aromatic nitrogens is 3. The molecule has 7 heteroatoms. The molecule has 0 saturated carbocycles.